The molecule has 29 heavy (non-hydrogen) atoms. The highest BCUT2D eigenvalue weighted by Crippen LogP contribution is 2.21. The fourth-order valence-corrected chi connectivity index (χ4v) is 3.76. The Bertz CT molecular complexity index is 1130. The highest BCUT2D eigenvalue weighted by molar-refractivity contribution is 7.88. The van der Waals surface area contributed by atoms with Gasteiger partial charge in [-0.1, -0.05) is 0 Å². The third-order valence-corrected chi connectivity index (χ3v) is 5.51. The van der Waals surface area contributed by atoms with Gasteiger partial charge in [0.15, 0.2) is 0 Å². The van der Waals surface area contributed by atoms with Crippen molar-refractivity contribution in [3.05, 3.63) is 77.6 Å². The summed E-state index contributed by atoms with van der Waals surface area (Å²) in [7, 11) is -3.27. The van der Waals surface area contributed by atoms with Crippen LogP contribution in [0, 0.1) is 0 Å². The van der Waals surface area contributed by atoms with Gasteiger partial charge in [0.1, 0.15) is 0 Å². The molecule has 3 heterocycles. The number of nitrogens with zero attached hydrogens (tertiary/aromatic N) is 4. The van der Waals surface area contributed by atoms with Crippen LogP contribution >= 0.6 is 0 Å². The molecule has 1 aliphatic rings. The van der Waals surface area contributed by atoms with Gasteiger partial charge in [-0.25, -0.2) is 18.1 Å². The molecule has 0 fully saturated rings. The van der Waals surface area contributed by atoms with Gasteiger partial charge in [-0.3, -0.25) is 9.78 Å². The summed E-state index contributed by atoms with van der Waals surface area (Å²) < 4.78 is 26.9. The first-order valence-electron chi connectivity index (χ1n) is 9.18. The SMILES string of the molecule is CS(=O)(=O)NCc1cnc2c(c1)CN(C(=O)c1ccc(-n3ccnc3)cc1)CC2. The first-order chi connectivity index (χ1) is 13.9. The predicted molar refractivity (Wildman–Crippen MR) is 108 cm³/mol. The molecular formula is C20H21N5O3S. The third-order valence-electron chi connectivity index (χ3n) is 4.84. The van der Waals surface area contributed by atoms with Crippen molar-refractivity contribution in [3.63, 3.8) is 0 Å². The van der Waals surface area contributed by atoms with E-state index in [2.05, 4.69) is 14.7 Å². The monoisotopic (exact) mass is 411 g/mol. The minimum absolute atomic E-state index is 0.0347. The molecule has 1 amide bonds. The maximum atomic E-state index is 12.9. The molecule has 0 saturated carbocycles. The zero-order chi connectivity index (χ0) is 20.4. The second-order valence-corrected chi connectivity index (χ2v) is 8.87. The molecule has 0 unspecified atom stereocenters. The summed E-state index contributed by atoms with van der Waals surface area (Å²) in [6, 6.07) is 9.34. The van der Waals surface area contributed by atoms with Gasteiger partial charge >= 0.3 is 0 Å². The van der Waals surface area contributed by atoms with Gasteiger partial charge in [0.25, 0.3) is 5.91 Å². The summed E-state index contributed by atoms with van der Waals surface area (Å²) in [5, 5.41) is 0. The number of imidazole rings is 1. The van der Waals surface area contributed by atoms with Crippen molar-refractivity contribution >= 4 is 15.9 Å². The van der Waals surface area contributed by atoms with Crippen molar-refractivity contribution in [2.75, 3.05) is 12.8 Å². The first kappa shape index (κ1) is 19.3. The van der Waals surface area contributed by atoms with Gasteiger partial charge in [0.05, 0.1) is 12.6 Å². The highest BCUT2D eigenvalue weighted by Gasteiger charge is 2.23. The topological polar surface area (TPSA) is 97.2 Å². The maximum Gasteiger partial charge on any atom is 0.254 e. The van der Waals surface area contributed by atoms with Crippen LogP contribution in [0.3, 0.4) is 0 Å². The second-order valence-electron chi connectivity index (χ2n) is 7.04. The van der Waals surface area contributed by atoms with Crippen molar-refractivity contribution in [1.82, 2.24) is 24.2 Å². The Hall–Kier alpha value is -3.04. The van der Waals surface area contributed by atoms with Gasteiger partial charge in [0.2, 0.25) is 10.0 Å². The van der Waals surface area contributed by atoms with Crippen LogP contribution in [0.2, 0.25) is 0 Å². The van der Waals surface area contributed by atoms with Crippen LogP contribution in [0.1, 0.15) is 27.2 Å². The van der Waals surface area contributed by atoms with Gasteiger partial charge < -0.3 is 9.47 Å². The van der Waals surface area contributed by atoms with E-state index in [1.807, 2.05) is 41.1 Å². The van der Waals surface area contributed by atoms with E-state index in [9.17, 15) is 13.2 Å². The van der Waals surface area contributed by atoms with Crippen LogP contribution in [-0.2, 0) is 29.5 Å². The van der Waals surface area contributed by atoms with Gasteiger partial charge in [-0.05, 0) is 41.5 Å². The van der Waals surface area contributed by atoms with Crippen molar-refractivity contribution in [1.29, 1.82) is 0 Å². The van der Waals surface area contributed by atoms with Crippen molar-refractivity contribution in [2.24, 2.45) is 0 Å². The number of benzene rings is 1. The molecule has 3 aromatic rings. The molecule has 4 rings (SSSR count). The first-order valence-corrected chi connectivity index (χ1v) is 11.1. The molecule has 1 aliphatic heterocycles. The number of aromatic nitrogens is 3. The number of fused-ring (bicyclic) bond motifs is 1. The Morgan fingerprint density at radius 3 is 2.72 bits per heavy atom. The lowest BCUT2D eigenvalue weighted by atomic mass is 10.0. The third kappa shape index (κ3) is 4.52. The predicted octanol–water partition coefficient (Wildman–Crippen LogP) is 1.51. The Labute approximate surface area is 169 Å². The maximum absolute atomic E-state index is 12.9. The average molecular weight is 411 g/mol. The molecule has 0 radical (unpaired) electrons. The van der Waals surface area contributed by atoms with Crippen molar-refractivity contribution in [2.45, 2.75) is 19.5 Å². The average Bonchev–Trinajstić information content (AvgIpc) is 3.25. The number of amides is 1. The number of nitrogens with one attached hydrogen (secondary N) is 1. The number of hydrogen-bond acceptors (Lipinski definition) is 5. The van der Waals surface area contributed by atoms with Crippen LogP contribution in [0.25, 0.3) is 5.69 Å². The van der Waals surface area contributed by atoms with E-state index >= 15 is 0 Å². The molecule has 1 aromatic carbocycles. The van der Waals surface area contributed by atoms with Crippen molar-refractivity contribution in [3.8, 4) is 5.69 Å². The number of carbonyl (C=O) groups is 1. The molecule has 0 bridgehead atoms. The molecule has 8 nitrogen and oxygen atoms in total. The van der Waals surface area contributed by atoms with Crippen LogP contribution in [0.15, 0.2) is 55.2 Å². The zero-order valence-corrected chi connectivity index (χ0v) is 16.8. The Balaban J connectivity index is 1.48. The summed E-state index contributed by atoms with van der Waals surface area (Å²) in [4.78, 5) is 23.2. The largest absolute Gasteiger partial charge is 0.334 e. The van der Waals surface area contributed by atoms with Gasteiger partial charge in [0, 0.05) is 61.6 Å². The van der Waals surface area contributed by atoms with E-state index in [4.69, 9.17) is 0 Å². The van der Waals surface area contributed by atoms with Gasteiger partial charge in [-0.15, -0.1) is 0 Å². The Morgan fingerprint density at radius 1 is 1.24 bits per heavy atom. The summed E-state index contributed by atoms with van der Waals surface area (Å²) in [5.41, 5.74) is 4.24. The van der Waals surface area contributed by atoms with Crippen molar-refractivity contribution < 1.29 is 13.2 Å². The lowest BCUT2D eigenvalue weighted by molar-refractivity contribution is 0.0733. The van der Waals surface area contributed by atoms with E-state index in [1.165, 1.54) is 0 Å². The number of hydrogen-bond donors (Lipinski definition) is 1. The quantitative estimate of drug-likeness (QED) is 0.687. The number of sulfonamides is 1. The minimum Gasteiger partial charge on any atom is -0.334 e. The number of rotatable bonds is 5. The fraction of sp³-hybridized carbons (Fsp3) is 0.250. The van der Waals surface area contributed by atoms with E-state index in [1.54, 1.807) is 23.6 Å². The molecule has 2 aromatic heterocycles. The molecule has 0 atom stereocenters. The molecule has 0 saturated heterocycles. The van der Waals surface area contributed by atoms with Gasteiger partial charge in [-0.2, -0.15) is 0 Å². The van der Waals surface area contributed by atoms with Crippen LogP contribution in [0.5, 0.6) is 0 Å². The molecule has 0 aliphatic carbocycles. The van der Waals surface area contributed by atoms with Crippen LogP contribution in [-0.4, -0.2) is 46.6 Å². The van der Waals surface area contributed by atoms with E-state index < -0.39 is 10.0 Å². The molecule has 150 valence electrons. The summed E-state index contributed by atoms with van der Waals surface area (Å²) in [6.45, 7) is 1.24. The molecule has 9 heteroatoms. The Kier molecular flexibility index (Phi) is 5.16. The number of pyridine rings is 1. The summed E-state index contributed by atoms with van der Waals surface area (Å²) >= 11 is 0. The second kappa shape index (κ2) is 7.76. The lowest BCUT2D eigenvalue weighted by Gasteiger charge is -2.28. The van der Waals surface area contributed by atoms with Crippen LogP contribution in [0.4, 0.5) is 0 Å². The molecular weight excluding hydrogens is 390 g/mol. The van der Waals surface area contributed by atoms with E-state index in [0.717, 1.165) is 28.8 Å². The highest BCUT2D eigenvalue weighted by atomic mass is 32.2. The van der Waals surface area contributed by atoms with E-state index in [-0.39, 0.29) is 12.5 Å². The molecule has 0 spiro atoms. The van der Waals surface area contributed by atoms with Crippen LogP contribution < -0.4 is 4.72 Å². The standard InChI is InChI=1S/C20H21N5O3S/c1-29(27,28)23-12-15-10-17-13-24(8-6-19(17)22-11-15)20(26)16-2-4-18(5-3-16)25-9-7-21-14-25/h2-5,7,9-11,14,23H,6,8,12-13H2,1H3. The fourth-order valence-electron chi connectivity index (χ4n) is 3.33. The normalized spacial score (nSPS) is 13.9. The minimum atomic E-state index is -3.27. The smallest absolute Gasteiger partial charge is 0.254 e. The summed E-state index contributed by atoms with van der Waals surface area (Å²) in [6.07, 6.45) is 8.75. The molecule has 1 N–H and O–H groups in total. The summed E-state index contributed by atoms with van der Waals surface area (Å²) in [5.74, 6) is -0.0347. The lowest BCUT2D eigenvalue weighted by Crippen LogP contribution is -2.36. The van der Waals surface area contributed by atoms with E-state index in [0.29, 0.717) is 25.1 Å². The zero-order valence-electron chi connectivity index (χ0n) is 15.9. The number of carbonyl (C=O) groups excluding carboxylic acids is 1. The Morgan fingerprint density at radius 2 is 2.03 bits per heavy atom.